The van der Waals surface area contributed by atoms with Gasteiger partial charge in [0, 0.05) is 0 Å². The van der Waals surface area contributed by atoms with E-state index in [9.17, 15) is 4.79 Å². The zero-order chi connectivity index (χ0) is 8.97. The standard InChI is InChI=1S/C9H11NO2.H3N/c10-8(9(11)12)6-7-4-2-1-3-5-7;/h1-5,8H,6,10H2,(H,11,12);1H3. The lowest BCUT2D eigenvalue weighted by Crippen LogP contribution is -2.32. The van der Waals surface area contributed by atoms with Crippen molar-refractivity contribution in [2.24, 2.45) is 5.73 Å². The van der Waals surface area contributed by atoms with Gasteiger partial charge in [-0.25, -0.2) is 0 Å². The van der Waals surface area contributed by atoms with Gasteiger partial charge in [0.05, 0.1) is 0 Å². The third-order valence-corrected chi connectivity index (χ3v) is 1.62. The van der Waals surface area contributed by atoms with Gasteiger partial charge in [0.2, 0.25) is 0 Å². The SMILES string of the molecule is N.NC(Cc1ccccc1)C(=O)O. The Morgan fingerprint density at radius 1 is 1.38 bits per heavy atom. The van der Waals surface area contributed by atoms with Crippen LogP contribution in [0.4, 0.5) is 0 Å². The first-order chi connectivity index (χ1) is 5.70. The summed E-state index contributed by atoms with van der Waals surface area (Å²) >= 11 is 0. The maximum atomic E-state index is 10.4. The molecule has 0 spiro atoms. The van der Waals surface area contributed by atoms with Crippen molar-refractivity contribution < 1.29 is 9.90 Å². The predicted octanol–water partition coefficient (Wildman–Crippen LogP) is 0.803. The Morgan fingerprint density at radius 3 is 2.38 bits per heavy atom. The van der Waals surface area contributed by atoms with Crippen molar-refractivity contribution in [3.63, 3.8) is 0 Å². The van der Waals surface area contributed by atoms with E-state index in [0.717, 1.165) is 5.56 Å². The molecule has 0 aliphatic heterocycles. The number of hydrogen-bond donors (Lipinski definition) is 3. The molecule has 0 aliphatic rings. The second kappa shape index (κ2) is 5.29. The van der Waals surface area contributed by atoms with Gasteiger partial charge in [-0.1, -0.05) is 30.3 Å². The Balaban J connectivity index is 0.00000144. The van der Waals surface area contributed by atoms with Gasteiger partial charge < -0.3 is 17.0 Å². The molecule has 72 valence electrons. The number of carboxylic acid groups (broad SMARTS) is 1. The normalized spacial score (nSPS) is 11.5. The fourth-order valence-corrected chi connectivity index (χ4v) is 0.955. The Hall–Kier alpha value is -1.39. The van der Waals surface area contributed by atoms with Gasteiger partial charge in [-0.2, -0.15) is 0 Å². The molecule has 1 rings (SSSR count). The van der Waals surface area contributed by atoms with Crippen LogP contribution in [-0.2, 0) is 11.2 Å². The Bertz CT molecular complexity index is 262. The quantitative estimate of drug-likeness (QED) is 0.644. The van der Waals surface area contributed by atoms with Gasteiger partial charge in [-0.15, -0.1) is 0 Å². The van der Waals surface area contributed by atoms with E-state index in [1.807, 2.05) is 30.3 Å². The summed E-state index contributed by atoms with van der Waals surface area (Å²) in [6.45, 7) is 0. The fourth-order valence-electron chi connectivity index (χ4n) is 0.955. The van der Waals surface area contributed by atoms with Crippen LogP contribution in [0.2, 0.25) is 0 Å². The molecule has 0 fully saturated rings. The van der Waals surface area contributed by atoms with E-state index in [-0.39, 0.29) is 6.15 Å². The minimum atomic E-state index is -0.959. The van der Waals surface area contributed by atoms with Crippen molar-refractivity contribution in [1.29, 1.82) is 0 Å². The van der Waals surface area contributed by atoms with Crippen molar-refractivity contribution in [1.82, 2.24) is 6.15 Å². The number of aliphatic carboxylic acids is 1. The summed E-state index contributed by atoms with van der Waals surface area (Å²) in [5.74, 6) is -0.959. The molecule has 0 amide bonds. The highest BCUT2D eigenvalue weighted by Crippen LogP contribution is 2.01. The van der Waals surface area contributed by atoms with E-state index in [1.165, 1.54) is 0 Å². The third-order valence-electron chi connectivity index (χ3n) is 1.62. The highest BCUT2D eigenvalue weighted by molar-refractivity contribution is 5.73. The average molecular weight is 182 g/mol. The van der Waals surface area contributed by atoms with Crippen LogP contribution in [0, 0.1) is 0 Å². The highest BCUT2D eigenvalue weighted by Gasteiger charge is 2.10. The van der Waals surface area contributed by atoms with Crippen molar-refractivity contribution in [3.05, 3.63) is 35.9 Å². The van der Waals surface area contributed by atoms with Crippen molar-refractivity contribution >= 4 is 5.97 Å². The molecular weight excluding hydrogens is 168 g/mol. The third kappa shape index (κ3) is 3.68. The molecule has 0 heterocycles. The van der Waals surface area contributed by atoms with Crippen molar-refractivity contribution in [3.8, 4) is 0 Å². The molecule has 0 radical (unpaired) electrons. The Morgan fingerprint density at radius 2 is 1.92 bits per heavy atom. The van der Waals surface area contributed by atoms with E-state index in [4.69, 9.17) is 10.8 Å². The molecule has 6 N–H and O–H groups in total. The first-order valence-electron chi connectivity index (χ1n) is 3.72. The maximum Gasteiger partial charge on any atom is 0.320 e. The van der Waals surface area contributed by atoms with Crippen LogP contribution in [0.1, 0.15) is 5.56 Å². The summed E-state index contributed by atoms with van der Waals surface area (Å²) in [6.07, 6.45) is 0.385. The molecule has 0 saturated carbocycles. The van der Waals surface area contributed by atoms with Gasteiger partial charge in [-0.05, 0) is 12.0 Å². The van der Waals surface area contributed by atoms with Gasteiger partial charge in [0.25, 0.3) is 0 Å². The maximum absolute atomic E-state index is 10.4. The van der Waals surface area contributed by atoms with Crippen LogP contribution < -0.4 is 11.9 Å². The minimum absolute atomic E-state index is 0. The van der Waals surface area contributed by atoms with Gasteiger partial charge >= 0.3 is 5.97 Å². The average Bonchev–Trinajstić information content (AvgIpc) is 2.06. The lowest BCUT2D eigenvalue weighted by molar-refractivity contribution is -0.138. The zero-order valence-corrected chi connectivity index (χ0v) is 7.31. The highest BCUT2D eigenvalue weighted by atomic mass is 16.4. The van der Waals surface area contributed by atoms with Gasteiger partial charge in [0.15, 0.2) is 0 Å². The molecule has 1 unspecified atom stereocenters. The van der Waals surface area contributed by atoms with Crippen LogP contribution in [-0.4, -0.2) is 17.1 Å². The predicted molar refractivity (Wildman–Crippen MR) is 50.8 cm³/mol. The summed E-state index contributed by atoms with van der Waals surface area (Å²) in [6, 6.07) is 8.54. The van der Waals surface area contributed by atoms with Crippen LogP contribution >= 0.6 is 0 Å². The Labute approximate surface area is 77.0 Å². The monoisotopic (exact) mass is 182 g/mol. The number of rotatable bonds is 3. The van der Waals surface area contributed by atoms with Crippen LogP contribution in [0.25, 0.3) is 0 Å². The zero-order valence-electron chi connectivity index (χ0n) is 7.31. The summed E-state index contributed by atoms with van der Waals surface area (Å²) in [4.78, 5) is 10.4. The minimum Gasteiger partial charge on any atom is -0.480 e. The molecule has 13 heavy (non-hydrogen) atoms. The summed E-state index contributed by atoms with van der Waals surface area (Å²) in [5.41, 5.74) is 6.30. The van der Waals surface area contributed by atoms with Crippen molar-refractivity contribution in [2.45, 2.75) is 12.5 Å². The second-order valence-electron chi connectivity index (χ2n) is 2.63. The summed E-state index contributed by atoms with van der Waals surface area (Å²) in [5, 5.41) is 8.52. The number of hydrogen-bond acceptors (Lipinski definition) is 3. The van der Waals surface area contributed by atoms with Gasteiger partial charge in [-0.3, -0.25) is 4.79 Å². The first kappa shape index (κ1) is 11.6. The second-order valence-corrected chi connectivity index (χ2v) is 2.63. The molecule has 4 nitrogen and oxygen atoms in total. The van der Waals surface area contributed by atoms with Crippen molar-refractivity contribution in [2.75, 3.05) is 0 Å². The van der Waals surface area contributed by atoms with E-state index in [1.54, 1.807) is 0 Å². The smallest absolute Gasteiger partial charge is 0.320 e. The van der Waals surface area contributed by atoms with E-state index in [0.29, 0.717) is 6.42 Å². The number of carbonyl (C=O) groups is 1. The van der Waals surface area contributed by atoms with E-state index >= 15 is 0 Å². The molecule has 1 aromatic rings. The molecular formula is C9H14N2O2. The van der Waals surface area contributed by atoms with Crippen LogP contribution in [0.5, 0.6) is 0 Å². The molecule has 1 atom stereocenters. The van der Waals surface area contributed by atoms with Gasteiger partial charge in [0.1, 0.15) is 6.04 Å². The lowest BCUT2D eigenvalue weighted by Gasteiger charge is -2.04. The Kier molecular flexibility index (Phi) is 4.72. The molecule has 0 bridgehead atoms. The molecule has 4 heteroatoms. The number of carboxylic acids is 1. The van der Waals surface area contributed by atoms with Crippen LogP contribution in [0.3, 0.4) is 0 Å². The van der Waals surface area contributed by atoms with E-state index < -0.39 is 12.0 Å². The molecule has 1 aromatic carbocycles. The lowest BCUT2D eigenvalue weighted by atomic mass is 10.1. The molecule has 0 aliphatic carbocycles. The fraction of sp³-hybridized carbons (Fsp3) is 0.222. The summed E-state index contributed by atoms with van der Waals surface area (Å²) in [7, 11) is 0. The molecule has 0 saturated heterocycles. The van der Waals surface area contributed by atoms with Crippen LogP contribution in [0.15, 0.2) is 30.3 Å². The number of benzene rings is 1. The largest absolute Gasteiger partial charge is 0.480 e. The topological polar surface area (TPSA) is 98.3 Å². The number of nitrogens with two attached hydrogens (primary N) is 1. The molecule has 0 aromatic heterocycles. The summed E-state index contributed by atoms with van der Waals surface area (Å²) < 4.78 is 0. The first-order valence-corrected chi connectivity index (χ1v) is 3.72. The van der Waals surface area contributed by atoms with E-state index in [2.05, 4.69) is 0 Å².